The summed E-state index contributed by atoms with van der Waals surface area (Å²) in [6.07, 6.45) is 7.07. The van der Waals surface area contributed by atoms with Gasteiger partial charge in [0, 0.05) is 6.54 Å². The summed E-state index contributed by atoms with van der Waals surface area (Å²) < 4.78 is 5.55. The van der Waals surface area contributed by atoms with Gasteiger partial charge in [0.25, 0.3) is 5.91 Å². The molecule has 3 fully saturated rings. The second-order valence-corrected chi connectivity index (χ2v) is 7.69. The Morgan fingerprint density at radius 1 is 1.22 bits per heavy atom. The molecule has 2 saturated heterocycles. The molecule has 1 saturated carbocycles. The van der Waals surface area contributed by atoms with E-state index >= 15 is 0 Å². The van der Waals surface area contributed by atoms with Gasteiger partial charge in [0.1, 0.15) is 17.8 Å². The minimum atomic E-state index is -0.774. The van der Waals surface area contributed by atoms with Gasteiger partial charge in [0.2, 0.25) is 5.91 Å². The average Bonchev–Trinajstić information content (AvgIpc) is 3.43. The molecule has 146 valence electrons. The molecule has 27 heavy (non-hydrogen) atoms. The van der Waals surface area contributed by atoms with E-state index in [-0.39, 0.29) is 24.4 Å². The molecule has 8 nitrogen and oxygen atoms in total. The Morgan fingerprint density at radius 3 is 2.63 bits per heavy atom. The summed E-state index contributed by atoms with van der Waals surface area (Å²) in [5.74, 6) is 0.226. The molecule has 8 heteroatoms. The molecule has 1 unspecified atom stereocenters. The number of rotatable bonds is 6. The number of hydrogen-bond donors (Lipinski definition) is 2. The van der Waals surface area contributed by atoms with Crippen molar-refractivity contribution >= 4 is 17.8 Å². The minimum absolute atomic E-state index is 0.0317. The van der Waals surface area contributed by atoms with Crippen LogP contribution in [0, 0.1) is 0 Å². The lowest BCUT2D eigenvalue weighted by Crippen LogP contribution is -2.46. The molecule has 1 aliphatic carbocycles. The van der Waals surface area contributed by atoms with Crippen molar-refractivity contribution in [1.82, 2.24) is 20.4 Å². The standard InChI is InChI=1S/C19H26N4O4/c24-16(13-23-17(25)19(21-18(23)26)7-1-2-8-19)20-12-14(15-6-5-11-27-15)22-9-3-4-10-22/h5-6,11,14H,1-4,7-10,12-13H2,(H,20,24)(H,21,26). The summed E-state index contributed by atoms with van der Waals surface area (Å²) in [6, 6.07) is 3.26. The number of nitrogens with one attached hydrogen (secondary N) is 2. The van der Waals surface area contributed by atoms with Crippen molar-refractivity contribution in [1.29, 1.82) is 0 Å². The van der Waals surface area contributed by atoms with Crippen LogP contribution in [0.1, 0.15) is 50.3 Å². The molecule has 3 heterocycles. The molecular weight excluding hydrogens is 348 g/mol. The smallest absolute Gasteiger partial charge is 0.325 e. The summed E-state index contributed by atoms with van der Waals surface area (Å²) in [5, 5.41) is 5.68. The highest BCUT2D eigenvalue weighted by Crippen LogP contribution is 2.34. The number of hydrogen-bond acceptors (Lipinski definition) is 5. The van der Waals surface area contributed by atoms with Crippen LogP contribution in [0.25, 0.3) is 0 Å². The van der Waals surface area contributed by atoms with Gasteiger partial charge in [-0.05, 0) is 50.9 Å². The number of imide groups is 1. The van der Waals surface area contributed by atoms with Crippen LogP contribution in [0.3, 0.4) is 0 Å². The first-order chi connectivity index (χ1) is 13.1. The lowest BCUT2D eigenvalue weighted by Gasteiger charge is -2.26. The fourth-order valence-electron chi connectivity index (χ4n) is 4.49. The monoisotopic (exact) mass is 374 g/mol. The van der Waals surface area contributed by atoms with Gasteiger partial charge in [-0.25, -0.2) is 4.79 Å². The van der Waals surface area contributed by atoms with Gasteiger partial charge in [-0.15, -0.1) is 0 Å². The van der Waals surface area contributed by atoms with Gasteiger partial charge < -0.3 is 15.1 Å². The van der Waals surface area contributed by atoms with Crippen LogP contribution >= 0.6 is 0 Å². The van der Waals surface area contributed by atoms with Crippen molar-refractivity contribution < 1.29 is 18.8 Å². The molecular formula is C19H26N4O4. The molecule has 0 aromatic carbocycles. The van der Waals surface area contributed by atoms with E-state index in [0.717, 1.165) is 49.4 Å². The molecule has 1 spiro atoms. The third kappa shape index (κ3) is 3.45. The first kappa shape index (κ1) is 18.0. The Morgan fingerprint density at radius 2 is 1.96 bits per heavy atom. The Kier molecular flexibility index (Phi) is 4.90. The van der Waals surface area contributed by atoms with E-state index in [1.54, 1.807) is 6.26 Å². The maximum atomic E-state index is 12.6. The second-order valence-electron chi connectivity index (χ2n) is 7.69. The van der Waals surface area contributed by atoms with Crippen molar-refractivity contribution in [2.75, 3.05) is 26.2 Å². The highest BCUT2D eigenvalue weighted by molar-refractivity contribution is 6.09. The molecule has 4 amide bonds. The maximum Gasteiger partial charge on any atom is 0.325 e. The van der Waals surface area contributed by atoms with Crippen LogP contribution in [-0.4, -0.2) is 59.4 Å². The van der Waals surface area contributed by atoms with Gasteiger partial charge in [0.05, 0.1) is 12.3 Å². The van der Waals surface area contributed by atoms with Crippen LogP contribution in [0.5, 0.6) is 0 Å². The quantitative estimate of drug-likeness (QED) is 0.734. The lowest BCUT2D eigenvalue weighted by molar-refractivity contribution is -0.134. The normalized spacial score (nSPS) is 23.2. The first-order valence-corrected chi connectivity index (χ1v) is 9.77. The van der Waals surface area contributed by atoms with Gasteiger partial charge >= 0.3 is 6.03 Å². The molecule has 1 atom stereocenters. The van der Waals surface area contributed by atoms with E-state index in [4.69, 9.17) is 4.42 Å². The van der Waals surface area contributed by atoms with Crippen molar-refractivity contribution in [2.24, 2.45) is 0 Å². The molecule has 0 bridgehead atoms. The van der Waals surface area contributed by atoms with Crippen LogP contribution in [0.4, 0.5) is 4.79 Å². The zero-order valence-electron chi connectivity index (χ0n) is 15.4. The zero-order chi connectivity index (χ0) is 18.9. The van der Waals surface area contributed by atoms with E-state index < -0.39 is 11.6 Å². The number of furan rings is 1. The van der Waals surface area contributed by atoms with Crippen molar-refractivity contribution in [3.8, 4) is 0 Å². The average molecular weight is 374 g/mol. The van der Waals surface area contributed by atoms with E-state index in [2.05, 4.69) is 15.5 Å². The number of likely N-dealkylation sites (tertiary alicyclic amines) is 1. The van der Waals surface area contributed by atoms with Gasteiger partial charge in [-0.3, -0.25) is 19.4 Å². The molecule has 2 aliphatic heterocycles. The molecule has 4 rings (SSSR count). The molecule has 1 aromatic rings. The zero-order valence-corrected chi connectivity index (χ0v) is 15.4. The van der Waals surface area contributed by atoms with Crippen LogP contribution in [0.15, 0.2) is 22.8 Å². The summed E-state index contributed by atoms with van der Waals surface area (Å²) in [6.45, 7) is 2.09. The van der Waals surface area contributed by atoms with Crippen molar-refractivity contribution in [2.45, 2.75) is 50.1 Å². The number of carbonyl (C=O) groups excluding carboxylic acids is 3. The lowest BCUT2D eigenvalue weighted by atomic mass is 9.98. The van der Waals surface area contributed by atoms with E-state index in [1.807, 2.05) is 12.1 Å². The Hall–Kier alpha value is -2.35. The third-order valence-electron chi connectivity index (χ3n) is 5.95. The topological polar surface area (TPSA) is 94.9 Å². The molecule has 2 N–H and O–H groups in total. The number of carbonyl (C=O) groups is 3. The summed E-state index contributed by atoms with van der Waals surface area (Å²) in [5.41, 5.74) is -0.774. The third-order valence-corrected chi connectivity index (χ3v) is 5.95. The Bertz CT molecular complexity index is 705. The van der Waals surface area contributed by atoms with E-state index in [1.165, 1.54) is 0 Å². The van der Waals surface area contributed by atoms with Crippen LogP contribution in [0.2, 0.25) is 0 Å². The summed E-state index contributed by atoms with van der Waals surface area (Å²) in [4.78, 5) is 40.6. The predicted octanol–water partition coefficient (Wildman–Crippen LogP) is 1.40. The SMILES string of the molecule is O=C(CN1C(=O)NC2(CCCC2)C1=O)NCC(c1ccco1)N1CCCC1. The first-order valence-electron chi connectivity index (χ1n) is 9.77. The highest BCUT2D eigenvalue weighted by Gasteiger charge is 2.52. The van der Waals surface area contributed by atoms with Crippen LogP contribution < -0.4 is 10.6 Å². The summed E-state index contributed by atoms with van der Waals surface area (Å²) in [7, 11) is 0. The second kappa shape index (κ2) is 7.34. The largest absolute Gasteiger partial charge is 0.468 e. The highest BCUT2D eigenvalue weighted by atomic mass is 16.3. The Labute approximate surface area is 158 Å². The fraction of sp³-hybridized carbons (Fsp3) is 0.632. The molecule has 1 aromatic heterocycles. The van der Waals surface area contributed by atoms with Crippen molar-refractivity contribution in [3.05, 3.63) is 24.2 Å². The van der Waals surface area contributed by atoms with Crippen LogP contribution in [-0.2, 0) is 9.59 Å². The maximum absolute atomic E-state index is 12.6. The van der Waals surface area contributed by atoms with Crippen molar-refractivity contribution in [3.63, 3.8) is 0 Å². The molecule has 3 aliphatic rings. The summed E-state index contributed by atoms with van der Waals surface area (Å²) >= 11 is 0. The van der Waals surface area contributed by atoms with E-state index in [0.29, 0.717) is 19.4 Å². The predicted molar refractivity (Wildman–Crippen MR) is 96.7 cm³/mol. The van der Waals surface area contributed by atoms with E-state index in [9.17, 15) is 14.4 Å². The number of nitrogens with zero attached hydrogens (tertiary/aromatic N) is 2. The fourth-order valence-corrected chi connectivity index (χ4v) is 4.49. The molecule has 0 radical (unpaired) electrons. The van der Waals surface area contributed by atoms with Gasteiger partial charge in [0.15, 0.2) is 0 Å². The van der Waals surface area contributed by atoms with Gasteiger partial charge in [-0.2, -0.15) is 0 Å². The Balaban J connectivity index is 1.36. The number of amides is 4. The van der Waals surface area contributed by atoms with Gasteiger partial charge in [-0.1, -0.05) is 12.8 Å². The number of urea groups is 1. The minimum Gasteiger partial charge on any atom is -0.468 e.